The fourth-order valence-corrected chi connectivity index (χ4v) is 3.96. The lowest BCUT2D eigenvalue weighted by atomic mass is 9.87. The molecule has 0 radical (unpaired) electrons. The van der Waals surface area contributed by atoms with Crippen LogP contribution >= 0.6 is 15.9 Å². The topological polar surface area (TPSA) is 74.6 Å². The predicted octanol–water partition coefficient (Wildman–Crippen LogP) is 2.45. The van der Waals surface area contributed by atoms with Gasteiger partial charge in [0.15, 0.2) is 9.84 Å². The summed E-state index contributed by atoms with van der Waals surface area (Å²) in [5.74, 6) is 0. The molecule has 4 nitrogen and oxygen atoms in total. The summed E-state index contributed by atoms with van der Waals surface area (Å²) in [7, 11) is -3.70. The van der Waals surface area contributed by atoms with Gasteiger partial charge in [0.25, 0.3) is 0 Å². The van der Waals surface area contributed by atoms with E-state index in [2.05, 4.69) is 15.9 Å². The van der Waals surface area contributed by atoms with Crippen molar-refractivity contribution >= 4 is 25.8 Å². The molecular weight excluding hydrogens is 356 g/mol. The summed E-state index contributed by atoms with van der Waals surface area (Å²) in [6.07, 6.45) is 1.44. The summed E-state index contributed by atoms with van der Waals surface area (Å²) in [6, 6.07) is 6.45. The van der Waals surface area contributed by atoms with Crippen LogP contribution in [-0.2, 0) is 9.84 Å². The van der Waals surface area contributed by atoms with E-state index in [0.29, 0.717) is 4.48 Å². The molecule has 0 spiro atoms. The van der Waals surface area contributed by atoms with E-state index in [1.807, 2.05) is 6.92 Å². The van der Waals surface area contributed by atoms with Crippen LogP contribution in [0.3, 0.4) is 0 Å². The molecular formula is C15H17BrO4S. The molecule has 1 aliphatic rings. The van der Waals surface area contributed by atoms with E-state index in [1.165, 1.54) is 32.1 Å². The standard InChI is InChI=1S/C15H17BrO4S/c1-10-4-6-12(7-5-10)21(19,20)9-11-8-13(16)15(3,18)14(11,2)17/h4-9,17-18H,1-3H3/b11-9+/t14-,15+/m1/s1. The molecule has 1 aromatic carbocycles. The zero-order valence-electron chi connectivity index (χ0n) is 12.0. The summed E-state index contributed by atoms with van der Waals surface area (Å²) in [5, 5.41) is 21.7. The van der Waals surface area contributed by atoms with E-state index < -0.39 is 21.0 Å². The van der Waals surface area contributed by atoms with Crippen molar-refractivity contribution in [2.45, 2.75) is 36.9 Å². The smallest absolute Gasteiger partial charge is 0.200 e. The largest absolute Gasteiger partial charge is 0.382 e. The number of hydrogen-bond acceptors (Lipinski definition) is 4. The Bertz CT molecular complexity index is 725. The van der Waals surface area contributed by atoms with Crippen molar-refractivity contribution in [3.05, 3.63) is 51.4 Å². The van der Waals surface area contributed by atoms with Gasteiger partial charge in [-0.1, -0.05) is 33.6 Å². The lowest BCUT2D eigenvalue weighted by Gasteiger charge is -2.33. The second kappa shape index (κ2) is 5.05. The van der Waals surface area contributed by atoms with Crippen LogP contribution in [0.25, 0.3) is 0 Å². The molecule has 0 heterocycles. The zero-order valence-corrected chi connectivity index (χ0v) is 14.4. The molecule has 0 saturated heterocycles. The Hall–Kier alpha value is -0.950. The third-order valence-electron chi connectivity index (χ3n) is 3.89. The molecule has 0 saturated carbocycles. The molecule has 1 aliphatic carbocycles. The minimum atomic E-state index is -3.70. The van der Waals surface area contributed by atoms with Crippen LogP contribution in [0.2, 0.25) is 0 Å². The number of halogens is 1. The van der Waals surface area contributed by atoms with E-state index in [9.17, 15) is 18.6 Å². The minimum Gasteiger partial charge on any atom is -0.382 e. The molecule has 2 N–H and O–H groups in total. The molecule has 0 amide bonds. The normalized spacial score (nSPS) is 31.5. The highest BCUT2D eigenvalue weighted by atomic mass is 79.9. The second-order valence-electron chi connectivity index (χ2n) is 5.57. The average molecular weight is 373 g/mol. The van der Waals surface area contributed by atoms with Crippen LogP contribution in [0.4, 0.5) is 0 Å². The number of benzene rings is 1. The highest BCUT2D eigenvalue weighted by Crippen LogP contribution is 2.45. The first-order chi connectivity index (χ1) is 9.48. The van der Waals surface area contributed by atoms with Crippen molar-refractivity contribution in [3.8, 4) is 0 Å². The first kappa shape index (κ1) is 16.4. The van der Waals surface area contributed by atoms with Crippen LogP contribution in [0.5, 0.6) is 0 Å². The van der Waals surface area contributed by atoms with Gasteiger partial charge in [0.1, 0.15) is 11.2 Å². The van der Waals surface area contributed by atoms with Gasteiger partial charge in [-0.15, -0.1) is 0 Å². The van der Waals surface area contributed by atoms with Crippen LogP contribution < -0.4 is 0 Å². The molecule has 0 bridgehead atoms. The summed E-state index contributed by atoms with van der Waals surface area (Å²) in [5.41, 5.74) is -2.16. The van der Waals surface area contributed by atoms with Gasteiger partial charge in [0.2, 0.25) is 0 Å². The fourth-order valence-electron chi connectivity index (χ4n) is 2.04. The number of aliphatic hydroxyl groups is 2. The highest BCUT2D eigenvalue weighted by molar-refractivity contribution is 9.11. The van der Waals surface area contributed by atoms with E-state index in [1.54, 1.807) is 12.1 Å². The summed E-state index contributed by atoms with van der Waals surface area (Å²) >= 11 is 3.16. The van der Waals surface area contributed by atoms with Crippen LogP contribution in [-0.4, -0.2) is 29.8 Å². The van der Waals surface area contributed by atoms with Gasteiger partial charge in [0, 0.05) is 9.89 Å². The molecule has 0 fully saturated rings. The van der Waals surface area contributed by atoms with Gasteiger partial charge in [-0.2, -0.15) is 0 Å². The van der Waals surface area contributed by atoms with Gasteiger partial charge in [0.05, 0.1) is 4.90 Å². The van der Waals surface area contributed by atoms with Crippen molar-refractivity contribution in [2.24, 2.45) is 0 Å². The highest BCUT2D eigenvalue weighted by Gasteiger charge is 2.51. The number of hydrogen-bond donors (Lipinski definition) is 2. The molecule has 2 rings (SSSR count). The molecule has 6 heteroatoms. The van der Waals surface area contributed by atoms with Gasteiger partial charge in [-0.05, 0) is 44.6 Å². The molecule has 0 aliphatic heterocycles. The quantitative estimate of drug-likeness (QED) is 0.835. The average Bonchev–Trinajstić information content (AvgIpc) is 2.50. The summed E-state index contributed by atoms with van der Waals surface area (Å²) < 4.78 is 25.1. The monoisotopic (exact) mass is 372 g/mol. The van der Waals surface area contributed by atoms with Gasteiger partial charge in [-0.3, -0.25) is 0 Å². The van der Waals surface area contributed by atoms with Crippen molar-refractivity contribution in [1.29, 1.82) is 0 Å². The third-order valence-corrected chi connectivity index (χ3v) is 6.38. The molecule has 0 unspecified atom stereocenters. The Balaban J connectivity index is 2.51. The lowest BCUT2D eigenvalue weighted by molar-refractivity contribution is -0.0680. The zero-order chi connectivity index (χ0) is 16.1. The lowest BCUT2D eigenvalue weighted by Crippen LogP contribution is -2.47. The molecule has 2 atom stereocenters. The van der Waals surface area contributed by atoms with Crippen molar-refractivity contribution in [1.82, 2.24) is 0 Å². The van der Waals surface area contributed by atoms with Crippen LogP contribution in [0, 0.1) is 6.92 Å². The second-order valence-corrected chi connectivity index (χ2v) is 8.22. The maximum atomic E-state index is 12.4. The Labute approximate surface area is 132 Å². The number of rotatable bonds is 2. The van der Waals surface area contributed by atoms with Gasteiger partial charge < -0.3 is 10.2 Å². The molecule has 114 valence electrons. The summed E-state index contributed by atoms with van der Waals surface area (Å²) in [4.78, 5) is 0.146. The van der Waals surface area contributed by atoms with E-state index in [-0.39, 0.29) is 10.5 Å². The maximum Gasteiger partial charge on any atom is 0.200 e. The predicted molar refractivity (Wildman–Crippen MR) is 84.7 cm³/mol. The molecule has 0 aromatic heterocycles. The van der Waals surface area contributed by atoms with Gasteiger partial charge >= 0.3 is 0 Å². The van der Waals surface area contributed by atoms with Crippen molar-refractivity contribution in [2.75, 3.05) is 0 Å². The first-order valence-corrected chi connectivity index (χ1v) is 8.69. The fraction of sp³-hybridized carbons (Fsp3) is 0.333. The van der Waals surface area contributed by atoms with Crippen LogP contribution in [0.15, 0.2) is 50.7 Å². The van der Waals surface area contributed by atoms with E-state index >= 15 is 0 Å². The Kier molecular flexibility index (Phi) is 3.95. The molecule has 21 heavy (non-hydrogen) atoms. The summed E-state index contributed by atoms with van der Waals surface area (Å²) in [6.45, 7) is 4.68. The number of sulfone groups is 1. The third kappa shape index (κ3) is 2.73. The Morgan fingerprint density at radius 1 is 1.10 bits per heavy atom. The Morgan fingerprint density at radius 2 is 1.62 bits per heavy atom. The van der Waals surface area contributed by atoms with Crippen molar-refractivity contribution in [3.63, 3.8) is 0 Å². The van der Waals surface area contributed by atoms with E-state index in [4.69, 9.17) is 0 Å². The molecule has 1 aromatic rings. The maximum absolute atomic E-state index is 12.4. The van der Waals surface area contributed by atoms with E-state index in [0.717, 1.165) is 11.0 Å². The first-order valence-electron chi connectivity index (χ1n) is 6.35. The minimum absolute atomic E-state index is 0.139. The van der Waals surface area contributed by atoms with Gasteiger partial charge in [-0.25, -0.2) is 8.42 Å². The van der Waals surface area contributed by atoms with Crippen LogP contribution in [0.1, 0.15) is 19.4 Å². The SMILES string of the molecule is Cc1ccc(S(=O)(=O)/C=C2\C=C(Br)[C@](C)(O)[C@]2(C)O)cc1. The Morgan fingerprint density at radius 3 is 2.05 bits per heavy atom. The number of aryl methyl sites for hydroxylation is 1. The van der Waals surface area contributed by atoms with Crippen molar-refractivity contribution < 1.29 is 18.6 Å².